The molecular formula is C30H41N3O. The average molecular weight is 460 g/mol. The lowest BCUT2D eigenvalue weighted by molar-refractivity contribution is -0.142. The van der Waals surface area contributed by atoms with Crippen LogP contribution in [-0.4, -0.2) is 43.0 Å². The summed E-state index contributed by atoms with van der Waals surface area (Å²) < 4.78 is 0. The van der Waals surface area contributed by atoms with Crippen molar-refractivity contribution in [2.24, 2.45) is 11.8 Å². The molecule has 3 aliphatic rings. The van der Waals surface area contributed by atoms with Gasteiger partial charge >= 0.3 is 0 Å². The van der Waals surface area contributed by atoms with Crippen LogP contribution < -0.4 is 10.6 Å². The Balaban J connectivity index is 1.46. The van der Waals surface area contributed by atoms with Crippen LogP contribution in [0.3, 0.4) is 0 Å². The fraction of sp³-hybridized carbons (Fsp3) is 0.567. The topological polar surface area (TPSA) is 44.4 Å². The van der Waals surface area contributed by atoms with E-state index in [9.17, 15) is 4.79 Å². The van der Waals surface area contributed by atoms with Gasteiger partial charge in [0.25, 0.3) is 0 Å². The number of amides is 1. The molecule has 0 aliphatic carbocycles. The summed E-state index contributed by atoms with van der Waals surface area (Å²) in [6.45, 7) is 11.1. The third-order valence-electron chi connectivity index (χ3n) is 9.23. The summed E-state index contributed by atoms with van der Waals surface area (Å²) >= 11 is 0. The van der Waals surface area contributed by atoms with Crippen LogP contribution in [0.15, 0.2) is 48.5 Å². The first-order chi connectivity index (χ1) is 16.6. The summed E-state index contributed by atoms with van der Waals surface area (Å²) in [5, 5.41) is 7.31. The van der Waals surface area contributed by atoms with E-state index in [-0.39, 0.29) is 11.3 Å². The molecule has 1 amide bonds. The predicted octanol–water partition coefficient (Wildman–Crippen LogP) is 4.77. The third-order valence-corrected chi connectivity index (χ3v) is 9.23. The molecule has 4 atom stereocenters. The van der Waals surface area contributed by atoms with Crippen molar-refractivity contribution in [2.75, 3.05) is 26.2 Å². The van der Waals surface area contributed by atoms with Gasteiger partial charge in [0.2, 0.25) is 5.91 Å². The second-order valence-corrected chi connectivity index (χ2v) is 10.9. The van der Waals surface area contributed by atoms with Crippen LogP contribution in [0.25, 0.3) is 0 Å². The first kappa shape index (κ1) is 23.6. The largest absolute Gasteiger partial charge is 0.339 e. The molecule has 2 N–H and O–H groups in total. The number of piperidine rings is 1. The first-order valence-corrected chi connectivity index (χ1v) is 13.4. The molecule has 1 spiro atoms. The van der Waals surface area contributed by atoms with Crippen LogP contribution in [0.4, 0.5) is 0 Å². The highest BCUT2D eigenvalue weighted by atomic mass is 16.2. The molecule has 2 aromatic carbocycles. The lowest BCUT2D eigenvalue weighted by Crippen LogP contribution is -2.57. The van der Waals surface area contributed by atoms with Gasteiger partial charge in [0.15, 0.2) is 0 Å². The highest BCUT2D eigenvalue weighted by Gasteiger charge is 2.52. The Morgan fingerprint density at radius 2 is 1.82 bits per heavy atom. The van der Waals surface area contributed by atoms with Crippen molar-refractivity contribution < 1.29 is 4.79 Å². The van der Waals surface area contributed by atoms with Gasteiger partial charge in [0, 0.05) is 44.2 Å². The molecule has 0 saturated carbocycles. The minimum absolute atomic E-state index is 0.00834. The first-order valence-electron chi connectivity index (χ1n) is 13.4. The zero-order chi connectivity index (χ0) is 23.7. The van der Waals surface area contributed by atoms with E-state index in [4.69, 9.17) is 0 Å². The number of rotatable bonds is 5. The molecule has 0 bridgehead atoms. The standard InChI is InChI=1S/C30H41N3O/c1-4-22(5-2)28-16-24(23-11-7-6-8-12-23)14-15-33(28)29(34)27-18-32-20-30(27)19-31-17-25-21(3)10-9-13-26(25)30/h6-13,22,24,27-28,31-32H,4-5,14-20H2,1-3H3/t24-,27+,28+,30+/m1/s1. The maximum absolute atomic E-state index is 14.4. The molecule has 0 aromatic heterocycles. The van der Waals surface area contributed by atoms with Crippen molar-refractivity contribution in [3.05, 3.63) is 70.8 Å². The molecule has 0 radical (unpaired) electrons. The maximum atomic E-state index is 14.4. The summed E-state index contributed by atoms with van der Waals surface area (Å²) in [4.78, 5) is 16.7. The number of nitrogens with zero attached hydrogens (tertiary/aromatic N) is 1. The number of hydrogen-bond acceptors (Lipinski definition) is 3. The van der Waals surface area contributed by atoms with E-state index < -0.39 is 0 Å². The fourth-order valence-electron chi connectivity index (χ4n) is 7.24. The fourth-order valence-corrected chi connectivity index (χ4v) is 7.24. The van der Waals surface area contributed by atoms with Gasteiger partial charge in [-0.2, -0.15) is 0 Å². The summed E-state index contributed by atoms with van der Waals surface area (Å²) in [7, 11) is 0. The molecular weight excluding hydrogens is 418 g/mol. The summed E-state index contributed by atoms with van der Waals surface area (Å²) in [6, 6.07) is 18.0. The second-order valence-electron chi connectivity index (χ2n) is 10.9. The van der Waals surface area contributed by atoms with Crippen LogP contribution in [0.5, 0.6) is 0 Å². The van der Waals surface area contributed by atoms with Gasteiger partial charge in [0.1, 0.15) is 0 Å². The van der Waals surface area contributed by atoms with Crippen LogP contribution in [0.1, 0.15) is 67.7 Å². The molecule has 182 valence electrons. The Morgan fingerprint density at radius 3 is 2.59 bits per heavy atom. The number of likely N-dealkylation sites (tertiary alicyclic amines) is 1. The van der Waals surface area contributed by atoms with Gasteiger partial charge in [-0.15, -0.1) is 0 Å². The SMILES string of the molecule is CCC(CC)[C@@H]1C[C@H](c2ccccc2)CCN1C(=O)[C@@H]1CNC[C@]12CNCc1c(C)cccc12. The smallest absolute Gasteiger partial charge is 0.228 e. The highest BCUT2D eigenvalue weighted by Crippen LogP contribution is 2.43. The highest BCUT2D eigenvalue weighted by molar-refractivity contribution is 5.82. The quantitative estimate of drug-likeness (QED) is 0.677. The van der Waals surface area contributed by atoms with Crippen LogP contribution in [-0.2, 0) is 16.8 Å². The van der Waals surface area contributed by atoms with E-state index in [0.29, 0.717) is 23.8 Å². The van der Waals surface area contributed by atoms with Crippen molar-refractivity contribution in [3.8, 4) is 0 Å². The number of nitrogens with one attached hydrogen (secondary N) is 2. The molecule has 2 aromatic rings. The lowest BCUT2D eigenvalue weighted by atomic mass is 9.67. The zero-order valence-corrected chi connectivity index (χ0v) is 21.1. The molecule has 4 nitrogen and oxygen atoms in total. The molecule has 3 heterocycles. The second kappa shape index (κ2) is 9.83. The number of carbonyl (C=O) groups excluding carboxylic acids is 1. The molecule has 0 unspecified atom stereocenters. The number of benzene rings is 2. The van der Waals surface area contributed by atoms with Crippen molar-refractivity contribution in [1.29, 1.82) is 0 Å². The van der Waals surface area contributed by atoms with E-state index in [0.717, 1.165) is 58.4 Å². The summed E-state index contributed by atoms with van der Waals surface area (Å²) in [6.07, 6.45) is 4.41. The minimum atomic E-state index is -0.147. The van der Waals surface area contributed by atoms with E-state index >= 15 is 0 Å². The van der Waals surface area contributed by atoms with Crippen molar-refractivity contribution in [1.82, 2.24) is 15.5 Å². The number of fused-ring (bicyclic) bond motifs is 2. The maximum Gasteiger partial charge on any atom is 0.228 e. The molecule has 3 aliphatic heterocycles. The van der Waals surface area contributed by atoms with Gasteiger partial charge in [-0.3, -0.25) is 4.79 Å². The van der Waals surface area contributed by atoms with Gasteiger partial charge < -0.3 is 15.5 Å². The van der Waals surface area contributed by atoms with Crippen LogP contribution >= 0.6 is 0 Å². The summed E-state index contributed by atoms with van der Waals surface area (Å²) in [5.41, 5.74) is 5.42. The molecule has 34 heavy (non-hydrogen) atoms. The predicted molar refractivity (Wildman–Crippen MR) is 139 cm³/mol. The third kappa shape index (κ3) is 3.99. The molecule has 2 fully saturated rings. The molecule has 5 rings (SSSR count). The number of hydrogen-bond donors (Lipinski definition) is 2. The van der Waals surface area contributed by atoms with Crippen molar-refractivity contribution in [3.63, 3.8) is 0 Å². The van der Waals surface area contributed by atoms with Crippen LogP contribution in [0.2, 0.25) is 0 Å². The van der Waals surface area contributed by atoms with Crippen LogP contribution in [0, 0.1) is 18.8 Å². The molecule has 2 saturated heterocycles. The van der Waals surface area contributed by atoms with Gasteiger partial charge in [-0.05, 0) is 53.9 Å². The Kier molecular flexibility index (Phi) is 6.81. The zero-order valence-electron chi connectivity index (χ0n) is 21.1. The van der Waals surface area contributed by atoms with Crippen molar-refractivity contribution in [2.45, 2.75) is 70.4 Å². The van der Waals surface area contributed by atoms with Gasteiger partial charge in [0.05, 0.1) is 5.92 Å². The van der Waals surface area contributed by atoms with E-state index in [1.807, 2.05) is 0 Å². The van der Waals surface area contributed by atoms with Gasteiger partial charge in [-0.1, -0.05) is 75.2 Å². The lowest BCUT2D eigenvalue weighted by Gasteiger charge is -2.47. The van der Waals surface area contributed by atoms with E-state index in [1.165, 1.54) is 22.3 Å². The van der Waals surface area contributed by atoms with E-state index in [1.54, 1.807) is 0 Å². The van der Waals surface area contributed by atoms with Crippen molar-refractivity contribution >= 4 is 5.91 Å². The monoisotopic (exact) mass is 459 g/mol. The summed E-state index contributed by atoms with van der Waals surface area (Å²) in [5.74, 6) is 1.47. The normalized spacial score (nSPS) is 28.9. The average Bonchev–Trinajstić information content (AvgIpc) is 3.29. The number of aryl methyl sites for hydroxylation is 1. The Hall–Kier alpha value is -2.17. The minimum Gasteiger partial charge on any atom is -0.339 e. The van der Waals surface area contributed by atoms with E-state index in [2.05, 4.69) is 84.8 Å². The number of carbonyl (C=O) groups is 1. The Morgan fingerprint density at radius 1 is 1.06 bits per heavy atom. The van der Waals surface area contributed by atoms with Gasteiger partial charge in [-0.25, -0.2) is 0 Å². The molecule has 4 heteroatoms. The Labute approximate surface area is 205 Å². The Bertz CT molecular complexity index is 1000.